The first-order valence-corrected chi connectivity index (χ1v) is 8.88. The minimum atomic E-state index is 0.703. The zero-order chi connectivity index (χ0) is 17.5. The summed E-state index contributed by atoms with van der Waals surface area (Å²) >= 11 is 0. The summed E-state index contributed by atoms with van der Waals surface area (Å²) in [6, 6.07) is 12.3. The first-order valence-electron chi connectivity index (χ1n) is 8.88. The molecule has 0 radical (unpaired) electrons. The van der Waals surface area contributed by atoms with Crippen molar-refractivity contribution < 1.29 is 4.42 Å². The van der Waals surface area contributed by atoms with Crippen molar-refractivity contribution in [3.8, 4) is 0 Å². The molecule has 0 aliphatic heterocycles. The molecule has 3 N–H and O–H groups in total. The molecule has 0 bridgehead atoms. The molecule has 3 rings (SSSR count). The maximum absolute atomic E-state index is 5.35. The highest BCUT2D eigenvalue weighted by Crippen LogP contribution is 2.21. The van der Waals surface area contributed by atoms with Crippen LogP contribution in [-0.4, -0.2) is 30.6 Å². The SMILES string of the molecule is CCNC(=NCCc1ccco1)NCCc1c(C)[nH]c2ccccc12. The van der Waals surface area contributed by atoms with E-state index in [-0.39, 0.29) is 0 Å². The fourth-order valence-corrected chi connectivity index (χ4v) is 3.04. The Bertz CT molecular complexity index is 817. The number of aliphatic imine (C=N–C) groups is 1. The van der Waals surface area contributed by atoms with Crippen LogP contribution in [-0.2, 0) is 12.8 Å². The first-order chi connectivity index (χ1) is 12.3. The number of para-hydroxylation sites is 1. The lowest BCUT2D eigenvalue weighted by atomic mass is 10.1. The lowest BCUT2D eigenvalue weighted by Gasteiger charge is -2.11. The summed E-state index contributed by atoms with van der Waals surface area (Å²) in [5, 5.41) is 8.03. The van der Waals surface area contributed by atoms with Crippen LogP contribution in [0.2, 0.25) is 0 Å². The number of aryl methyl sites for hydroxylation is 1. The molecule has 5 nitrogen and oxygen atoms in total. The number of benzene rings is 1. The van der Waals surface area contributed by atoms with Gasteiger partial charge in [-0.3, -0.25) is 4.99 Å². The van der Waals surface area contributed by atoms with Crippen LogP contribution in [0.3, 0.4) is 0 Å². The van der Waals surface area contributed by atoms with Crippen LogP contribution in [0, 0.1) is 6.92 Å². The standard InChI is InChI=1S/C20H26N4O/c1-3-21-20(22-12-10-16-7-6-14-25-16)23-13-11-17-15(2)24-19-9-5-4-8-18(17)19/h4-9,14,24H,3,10-13H2,1-2H3,(H2,21,22,23). The molecule has 132 valence electrons. The van der Waals surface area contributed by atoms with Crippen molar-refractivity contribution in [3.63, 3.8) is 0 Å². The van der Waals surface area contributed by atoms with E-state index in [0.717, 1.165) is 37.7 Å². The average Bonchev–Trinajstić information content (AvgIpc) is 3.23. The number of fused-ring (bicyclic) bond motifs is 1. The maximum atomic E-state index is 5.35. The van der Waals surface area contributed by atoms with Gasteiger partial charge in [0.1, 0.15) is 5.76 Å². The number of aromatic amines is 1. The Morgan fingerprint density at radius 3 is 2.80 bits per heavy atom. The van der Waals surface area contributed by atoms with Crippen LogP contribution in [0.25, 0.3) is 10.9 Å². The number of nitrogens with one attached hydrogen (secondary N) is 3. The largest absolute Gasteiger partial charge is 0.469 e. The van der Waals surface area contributed by atoms with E-state index in [9.17, 15) is 0 Å². The lowest BCUT2D eigenvalue weighted by Crippen LogP contribution is -2.38. The summed E-state index contributed by atoms with van der Waals surface area (Å²) in [4.78, 5) is 8.07. The molecule has 0 amide bonds. The quantitative estimate of drug-likeness (QED) is 0.457. The fourth-order valence-electron chi connectivity index (χ4n) is 3.04. The van der Waals surface area contributed by atoms with E-state index in [0.29, 0.717) is 6.54 Å². The van der Waals surface area contributed by atoms with E-state index in [1.807, 2.05) is 12.1 Å². The lowest BCUT2D eigenvalue weighted by molar-refractivity contribution is 0.510. The van der Waals surface area contributed by atoms with Crippen molar-refractivity contribution in [3.05, 3.63) is 59.7 Å². The van der Waals surface area contributed by atoms with Crippen molar-refractivity contribution in [2.45, 2.75) is 26.7 Å². The summed E-state index contributed by atoms with van der Waals surface area (Å²) in [7, 11) is 0. The zero-order valence-electron chi connectivity index (χ0n) is 14.9. The zero-order valence-corrected chi connectivity index (χ0v) is 14.9. The van der Waals surface area contributed by atoms with Gasteiger partial charge in [-0.15, -0.1) is 0 Å². The fraction of sp³-hybridized carbons (Fsp3) is 0.350. The van der Waals surface area contributed by atoms with E-state index >= 15 is 0 Å². The number of aromatic nitrogens is 1. The number of nitrogens with zero attached hydrogens (tertiary/aromatic N) is 1. The number of hydrogen-bond donors (Lipinski definition) is 3. The second-order valence-corrected chi connectivity index (χ2v) is 6.04. The van der Waals surface area contributed by atoms with Crippen LogP contribution in [0.5, 0.6) is 0 Å². The number of guanidine groups is 1. The molecule has 25 heavy (non-hydrogen) atoms. The van der Waals surface area contributed by atoms with E-state index in [1.54, 1.807) is 6.26 Å². The molecule has 3 aromatic rings. The molecular weight excluding hydrogens is 312 g/mol. The number of hydrogen-bond acceptors (Lipinski definition) is 2. The smallest absolute Gasteiger partial charge is 0.191 e. The normalized spacial score (nSPS) is 11.8. The molecule has 2 heterocycles. The second-order valence-electron chi connectivity index (χ2n) is 6.04. The first kappa shape index (κ1) is 17.1. The van der Waals surface area contributed by atoms with E-state index in [1.165, 1.54) is 22.2 Å². The van der Waals surface area contributed by atoms with Gasteiger partial charge in [-0.05, 0) is 44.0 Å². The van der Waals surface area contributed by atoms with Gasteiger partial charge in [-0.2, -0.15) is 0 Å². The number of rotatable bonds is 7. The molecule has 0 aliphatic rings. The third-order valence-electron chi connectivity index (χ3n) is 4.25. The van der Waals surface area contributed by atoms with Gasteiger partial charge in [-0.1, -0.05) is 18.2 Å². The Labute approximate surface area is 148 Å². The highest BCUT2D eigenvalue weighted by molar-refractivity contribution is 5.84. The Balaban J connectivity index is 1.56. The number of H-pyrrole nitrogens is 1. The van der Waals surface area contributed by atoms with Crippen molar-refractivity contribution in [1.29, 1.82) is 0 Å². The predicted octanol–water partition coefficient (Wildman–Crippen LogP) is 3.41. The summed E-state index contributed by atoms with van der Waals surface area (Å²) < 4.78 is 5.35. The highest BCUT2D eigenvalue weighted by Gasteiger charge is 2.07. The van der Waals surface area contributed by atoms with Gasteiger partial charge in [0.05, 0.1) is 6.26 Å². The number of furan rings is 1. The minimum absolute atomic E-state index is 0.703. The van der Waals surface area contributed by atoms with Gasteiger partial charge < -0.3 is 20.0 Å². The van der Waals surface area contributed by atoms with Gasteiger partial charge >= 0.3 is 0 Å². The Kier molecular flexibility index (Phi) is 5.77. The maximum Gasteiger partial charge on any atom is 0.191 e. The summed E-state index contributed by atoms with van der Waals surface area (Å²) in [6.45, 7) is 6.61. The van der Waals surface area contributed by atoms with Crippen LogP contribution in [0.15, 0.2) is 52.1 Å². The molecule has 0 saturated carbocycles. The van der Waals surface area contributed by atoms with Gasteiger partial charge in [0.15, 0.2) is 5.96 Å². The topological polar surface area (TPSA) is 65.3 Å². The third-order valence-corrected chi connectivity index (χ3v) is 4.25. The van der Waals surface area contributed by atoms with Crippen molar-refractivity contribution in [2.75, 3.05) is 19.6 Å². The molecule has 0 atom stereocenters. The summed E-state index contributed by atoms with van der Waals surface area (Å²) in [6.07, 6.45) is 3.47. The van der Waals surface area contributed by atoms with Crippen molar-refractivity contribution >= 4 is 16.9 Å². The van der Waals surface area contributed by atoms with Gasteiger partial charge in [0.25, 0.3) is 0 Å². The molecule has 0 saturated heterocycles. The third kappa shape index (κ3) is 4.44. The molecular formula is C20H26N4O. The summed E-state index contributed by atoms with van der Waals surface area (Å²) in [5.41, 5.74) is 3.81. The molecule has 5 heteroatoms. The van der Waals surface area contributed by atoms with Gasteiger partial charge in [0, 0.05) is 42.7 Å². The highest BCUT2D eigenvalue weighted by atomic mass is 16.3. The predicted molar refractivity (Wildman–Crippen MR) is 103 cm³/mol. The van der Waals surface area contributed by atoms with Crippen LogP contribution < -0.4 is 10.6 Å². The van der Waals surface area contributed by atoms with E-state index < -0.39 is 0 Å². The van der Waals surface area contributed by atoms with Crippen LogP contribution >= 0.6 is 0 Å². The Morgan fingerprint density at radius 1 is 1.12 bits per heavy atom. The van der Waals surface area contributed by atoms with Gasteiger partial charge in [-0.25, -0.2) is 0 Å². The molecule has 2 aromatic heterocycles. The molecule has 0 spiro atoms. The molecule has 0 fully saturated rings. The van der Waals surface area contributed by atoms with Gasteiger partial charge in [0.2, 0.25) is 0 Å². The van der Waals surface area contributed by atoms with E-state index in [2.05, 4.69) is 58.7 Å². The summed E-state index contributed by atoms with van der Waals surface area (Å²) in [5.74, 6) is 1.82. The Morgan fingerprint density at radius 2 is 2.00 bits per heavy atom. The minimum Gasteiger partial charge on any atom is -0.469 e. The van der Waals surface area contributed by atoms with Crippen LogP contribution in [0.4, 0.5) is 0 Å². The average molecular weight is 338 g/mol. The van der Waals surface area contributed by atoms with Crippen molar-refractivity contribution in [2.24, 2.45) is 4.99 Å². The molecule has 0 aliphatic carbocycles. The van der Waals surface area contributed by atoms with E-state index in [4.69, 9.17) is 4.42 Å². The Hall–Kier alpha value is -2.69. The van der Waals surface area contributed by atoms with Crippen molar-refractivity contribution in [1.82, 2.24) is 15.6 Å². The molecule has 1 aromatic carbocycles. The van der Waals surface area contributed by atoms with Crippen LogP contribution in [0.1, 0.15) is 23.9 Å². The second kappa shape index (κ2) is 8.42. The monoisotopic (exact) mass is 338 g/mol. The molecule has 0 unspecified atom stereocenters.